The molecule has 0 aliphatic heterocycles. The van der Waals surface area contributed by atoms with Crippen molar-refractivity contribution < 1.29 is 68.5 Å². The standard InChI is InChI=1S/C55H38F6O9S2/c1-34-6-9-37(10-7-34)51(62)39-16-24-44(25-17-39)67-46-28-20-42(21-29-46)53(54(56,57)58,55(59,60)61)43-22-30-47(31-23-43)68-45-26-18-40(19-27-45)52(63)38-14-12-36(13-15-38)41-11-8-35(2)50(32-41)72(65,66)49-5-3-4-48(33-49)71-70-69-64/h3-33,64H,1-2H3. The molecular weight excluding hydrogens is 983 g/mol. The molecule has 0 aliphatic carbocycles. The highest BCUT2D eigenvalue weighted by Gasteiger charge is 2.72. The lowest BCUT2D eigenvalue weighted by Crippen LogP contribution is -2.54. The van der Waals surface area contributed by atoms with Crippen LogP contribution in [0.5, 0.6) is 23.0 Å². The molecule has 0 bridgehead atoms. The van der Waals surface area contributed by atoms with Crippen molar-refractivity contribution in [3.8, 4) is 34.1 Å². The molecule has 17 heteroatoms. The third kappa shape index (κ3) is 10.6. The average Bonchev–Trinajstić information content (AvgIpc) is 3.36. The van der Waals surface area contributed by atoms with Crippen molar-refractivity contribution in [3.05, 3.63) is 233 Å². The highest BCUT2D eigenvalue weighted by molar-refractivity contribution is 7.94. The molecule has 0 spiro atoms. The lowest BCUT2D eigenvalue weighted by atomic mass is 9.73. The third-order valence-electron chi connectivity index (χ3n) is 11.7. The number of ether oxygens (including phenoxy) is 2. The van der Waals surface area contributed by atoms with Gasteiger partial charge in [0.15, 0.2) is 11.6 Å². The van der Waals surface area contributed by atoms with E-state index < -0.39 is 38.7 Å². The zero-order valence-electron chi connectivity index (χ0n) is 37.7. The molecule has 0 amide bonds. The quantitative estimate of drug-likeness (QED) is 0.0329. The van der Waals surface area contributed by atoms with Crippen LogP contribution in [-0.4, -0.2) is 37.6 Å². The number of aryl methyl sites for hydroxylation is 2. The van der Waals surface area contributed by atoms with Crippen LogP contribution in [0.1, 0.15) is 54.1 Å². The summed E-state index contributed by atoms with van der Waals surface area (Å²) >= 11 is 0.619. The van der Waals surface area contributed by atoms with Crippen LogP contribution in [-0.2, 0) is 24.6 Å². The number of sulfone groups is 1. The Morgan fingerprint density at radius 3 is 1.33 bits per heavy atom. The molecule has 8 aromatic rings. The van der Waals surface area contributed by atoms with Crippen LogP contribution in [0.15, 0.2) is 203 Å². The summed E-state index contributed by atoms with van der Waals surface area (Å²) in [7, 11) is -4.00. The first-order chi connectivity index (χ1) is 34.3. The van der Waals surface area contributed by atoms with Crippen molar-refractivity contribution in [2.75, 3.05) is 0 Å². The summed E-state index contributed by atoms with van der Waals surface area (Å²) < 4.78 is 133. The van der Waals surface area contributed by atoms with Gasteiger partial charge in [0.2, 0.25) is 15.3 Å². The predicted molar refractivity (Wildman–Crippen MR) is 256 cm³/mol. The number of rotatable bonds is 16. The smallest absolute Gasteiger partial charge is 0.411 e. The van der Waals surface area contributed by atoms with Crippen molar-refractivity contribution >= 4 is 33.4 Å². The van der Waals surface area contributed by atoms with Gasteiger partial charge in [0.1, 0.15) is 23.0 Å². The summed E-state index contributed by atoms with van der Waals surface area (Å²) in [5.74, 6) is -0.416. The van der Waals surface area contributed by atoms with Gasteiger partial charge in [-0.05, 0) is 139 Å². The summed E-state index contributed by atoms with van der Waals surface area (Å²) in [5, 5.41) is 12.1. The number of carbonyl (C=O) groups is 2. The lowest BCUT2D eigenvalue weighted by molar-refractivity contribution is -0.432. The normalized spacial score (nSPS) is 12.1. The number of hydrogen-bond acceptors (Lipinski definition) is 10. The summed E-state index contributed by atoms with van der Waals surface area (Å²) in [6.07, 6.45) is -11.7. The van der Waals surface area contributed by atoms with E-state index in [0.29, 0.717) is 74.6 Å². The van der Waals surface area contributed by atoms with E-state index in [9.17, 15) is 44.3 Å². The van der Waals surface area contributed by atoms with Gasteiger partial charge in [0, 0.05) is 27.1 Å². The fourth-order valence-corrected chi connectivity index (χ4v) is 10.0. The van der Waals surface area contributed by atoms with E-state index in [1.54, 1.807) is 73.7 Å². The van der Waals surface area contributed by atoms with Gasteiger partial charge in [0.05, 0.1) is 21.8 Å². The number of benzene rings is 8. The number of hydrogen-bond donors (Lipinski definition) is 1. The molecule has 72 heavy (non-hydrogen) atoms. The molecular formula is C55H38F6O9S2. The fourth-order valence-electron chi connectivity index (χ4n) is 7.95. The molecule has 0 atom stereocenters. The fraction of sp³-hybridized carbons (Fsp3) is 0.0909. The van der Waals surface area contributed by atoms with Crippen molar-refractivity contribution in [1.29, 1.82) is 0 Å². The molecule has 8 aromatic carbocycles. The van der Waals surface area contributed by atoms with E-state index in [4.69, 9.17) is 14.7 Å². The Labute approximate surface area is 413 Å². The highest BCUT2D eigenvalue weighted by Crippen LogP contribution is 2.56. The Morgan fingerprint density at radius 1 is 0.500 bits per heavy atom. The van der Waals surface area contributed by atoms with Crippen LogP contribution in [0.25, 0.3) is 11.1 Å². The Kier molecular flexibility index (Phi) is 14.6. The van der Waals surface area contributed by atoms with Gasteiger partial charge in [-0.15, -0.1) is 4.33 Å². The third-order valence-corrected chi connectivity index (χ3v) is 14.1. The molecule has 0 heterocycles. The highest BCUT2D eigenvalue weighted by atomic mass is 32.2. The molecule has 9 nitrogen and oxygen atoms in total. The molecule has 0 aromatic heterocycles. The van der Waals surface area contributed by atoms with E-state index in [0.717, 1.165) is 29.8 Å². The van der Waals surface area contributed by atoms with Gasteiger partial charge < -0.3 is 9.47 Å². The number of halogens is 6. The Hall–Kier alpha value is -7.54. The molecule has 0 radical (unpaired) electrons. The van der Waals surface area contributed by atoms with Gasteiger partial charge in [-0.25, -0.2) is 13.7 Å². The second kappa shape index (κ2) is 20.7. The van der Waals surface area contributed by atoms with E-state index >= 15 is 0 Å². The second-order valence-corrected chi connectivity index (χ2v) is 19.0. The Balaban J connectivity index is 0.943. The van der Waals surface area contributed by atoms with Gasteiger partial charge in [-0.1, -0.05) is 102 Å². The van der Waals surface area contributed by atoms with E-state index in [1.165, 1.54) is 72.8 Å². The van der Waals surface area contributed by atoms with Crippen molar-refractivity contribution in [2.24, 2.45) is 0 Å². The lowest BCUT2D eigenvalue weighted by Gasteiger charge is -2.38. The van der Waals surface area contributed by atoms with Crippen LogP contribution in [0.2, 0.25) is 0 Å². The molecule has 0 aliphatic rings. The van der Waals surface area contributed by atoms with Crippen LogP contribution < -0.4 is 9.47 Å². The topological polar surface area (TPSA) is 125 Å². The number of alkyl halides is 6. The first-order valence-electron chi connectivity index (χ1n) is 21.6. The van der Waals surface area contributed by atoms with Gasteiger partial charge in [-0.2, -0.15) is 26.3 Å². The Morgan fingerprint density at radius 2 is 0.903 bits per heavy atom. The van der Waals surface area contributed by atoms with Crippen LogP contribution in [0.4, 0.5) is 26.3 Å². The monoisotopic (exact) mass is 1020 g/mol. The van der Waals surface area contributed by atoms with Crippen LogP contribution in [0, 0.1) is 13.8 Å². The Bertz CT molecular complexity index is 3330. The molecule has 366 valence electrons. The minimum Gasteiger partial charge on any atom is -0.457 e. The molecule has 0 fully saturated rings. The summed E-state index contributed by atoms with van der Waals surface area (Å²) in [4.78, 5) is 26.7. The number of carbonyl (C=O) groups excluding carboxylic acids is 2. The van der Waals surface area contributed by atoms with E-state index in [-0.39, 0.29) is 49.9 Å². The largest absolute Gasteiger partial charge is 0.457 e. The van der Waals surface area contributed by atoms with Gasteiger partial charge >= 0.3 is 12.4 Å². The molecule has 8 rings (SSSR count). The summed E-state index contributed by atoms with van der Waals surface area (Å²) in [6.45, 7) is 3.55. The van der Waals surface area contributed by atoms with E-state index in [2.05, 4.69) is 9.37 Å². The first kappa shape index (κ1) is 50.8. The maximum Gasteiger partial charge on any atom is 0.411 e. The molecule has 0 unspecified atom stereocenters. The summed E-state index contributed by atoms with van der Waals surface area (Å²) in [6, 6.07) is 42.7. The average molecular weight is 1020 g/mol. The maximum atomic E-state index is 15.0. The van der Waals surface area contributed by atoms with Gasteiger partial charge in [-0.3, -0.25) is 9.59 Å². The van der Waals surface area contributed by atoms with E-state index in [1.807, 2.05) is 6.92 Å². The first-order valence-corrected chi connectivity index (χ1v) is 23.8. The number of ketones is 2. The van der Waals surface area contributed by atoms with Crippen molar-refractivity contribution in [3.63, 3.8) is 0 Å². The van der Waals surface area contributed by atoms with Crippen LogP contribution in [0.3, 0.4) is 0 Å². The van der Waals surface area contributed by atoms with Crippen molar-refractivity contribution in [1.82, 2.24) is 0 Å². The predicted octanol–water partition coefficient (Wildman–Crippen LogP) is 14.7. The molecule has 0 saturated heterocycles. The second-order valence-electron chi connectivity index (χ2n) is 16.3. The maximum absolute atomic E-state index is 15.0. The zero-order valence-corrected chi connectivity index (χ0v) is 39.3. The minimum absolute atomic E-state index is 0.0146. The summed E-state index contributed by atoms with van der Waals surface area (Å²) in [5.41, 5.74) is -2.65. The minimum atomic E-state index is -5.85. The molecule has 0 saturated carbocycles. The van der Waals surface area contributed by atoms with Crippen LogP contribution >= 0.6 is 12.0 Å². The van der Waals surface area contributed by atoms with Crippen molar-refractivity contribution in [2.45, 2.75) is 46.3 Å². The SMILES string of the molecule is Cc1ccc(C(=O)c2ccc(Oc3ccc(C(c4ccc(Oc5ccc(C(=O)c6ccc(-c7ccc(C)c(S(=O)(=O)c8cccc(SOOO)c8)c7)cc6)cc5)cc4)(C(F)(F)F)C(F)(F)F)cc3)cc2)cc1. The zero-order chi connectivity index (χ0) is 51.4. The molecule has 1 N–H and O–H groups in total. The van der Waals surface area contributed by atoms with Gasteiger partial charge in [0.25, 0.3) is 0 Å².